The van der Waals surface area contributed by atoms with Crippen LogP contribution in [0.25, 0.3) is 22.6 Å². The second-order valence-corrected chi connectivity index (χ2v) is 9.08. The van der Waals surface area contributed by atoms with Gasteiger partial charge in [-0.15, -0.1) is 0 Å². The van der Waals surface area contributed by atoms with Crippen LogP contribution in [0, 0.1) is 5.92 Å². The molecule has 0 amide bonds. The summed E-state index contributed by atoms with van der Waals surface area (Å²) in [5.41, 5.74) is -0.298. The van der Waals surface area contributed by atoms with E-state index >= 15 is 0 Å². The number of hydrogen-bond donors (Lipinski definition) is 2. The first kappa shape index (κ1) is 28.3. The van der Waals surface area contributed by atoms with E-state index < -0.39 is 17.3 Å². The van der Waals surface area contributed by atoms with Gasteiger partial charge < -0.3 is 19.8 Å². The minimum Gasteiger partial charge on any atom is -0.475 e. The Balaban J connectivity index is 1.83. The number of pyridine rings is 1. The van der Waals surface area contributed by atoms with Gasteiger partial charge in [0.2, 0.25) is 5.88 Å². The number of benzene rings is 1. The lowest BCUT2D eigenvalue weighted by Crippen LogP contribution is -2.19. The topological polar surface area (TPSA) is 89.1 Å². The number of nitrogens with one attached hydrogen (secondary N) is 2. The fourth-order valence-corrected chi connectivity index (χ4v) is 3.55. The lowest BCUT2D eigenvalue weighted by Gasteiger charge is -2.15. The predicted octanol–water partition coefficient (Wildman–Crippen LogP) is 5.46. The normalized spacial score (nSPS) is 11.8. The number of H-pyrrole nitrogens is 1. The lowest BCUT2D eigenvalue weighted by atomic mass is 10.0. The minimum atomic E-state index is -4.62. The molecule has 37 heavy (non-hydrogen) atoms. The number of halogens is 3. The Morgan fingerprint density at radius 3 is 2.57 bits per heavy atom. The Hall–Kier alpha value is -3.24. The molecule has 0 atom stereocenters. The first-order valence-corrected chi connectivity index (χ1v) is 12.4. The molecule has 200 valence electrons. The van der Waals surface area contributed by atoms with E-state index in [1.165, 1.54) is 24.4 Å². The molecule has 2 N–H and O–H groups in total. The largest absolute Gasteiger partial charge is 0.475 e. The number of rotatable bonds is 13. The Bertz CT molecular complexity index is 1190. The number of aromatic amines is 1. The summed E-state index contributed by atoms with van der Waals surface area (Å²) >= 11 is 0. The summed E-state index contributed by atoms with van der Waals surface area (Å²) in [5.74, 6) is 0.604. The Kier molecular flexibility index (Phi) is 10.2. The van der Waals surface area contributed by atoms with E-state index in [0.717, 1.165) is 25.5 Å². The van der Waals surface area contributed by atoms with Crippen molar-refractivity contribution in [3.63, 3.8) is 0 Å². The van der Waals surface area contributed by atoms with Crippen molar-refractivity contribution in [2.75, 3.05) is 26.4 Å². The summed E-state index contributed by atoms with van der Waals surface area (Å²) in [7, 11) is 0. The molecule has 0 aliphatic heterocycles. The zero-order chi connectivity index (χ0) is 26.8. The van der Waals surface area contributed by atoms with E-state index in [2.05, 4.69) is 27.2 Å². The highest BCUT2D eigenvalue weighted by molar-refractivity contribution is 5.66. The summed E-state index contributed by atoms with van der Waals surface area (Å²) in [6.45, 7) is 8.74. The van der Waals surface area contributed by atoms with Crippen LogP contribution >= 0.6 is 0 Å². The van der Waals surface area contributed by atoms with Crippen LogP contribution in [0.2, 0.25) is 0 Å². The van der Waals surface area contributed by atoms with Gasteiger partial charge >= 0.3 is 6.18 Å². The van der Waals surface area contributed by atoms with Crippen molar-refractivity contribution in [1.82, 2.24) is 20.3 Å². The van der Waals surface area contributed by atoms with Crippen LogP contribution < -0.4 is 15.6 Å². The Labute approximate surface area is 214 Å². The van der Waals surface area contributed by atoms with Gasteiger partial charge in [0.25, 0.3) is 5.56 Å². The first-order valence-electron chi connectivity index (χ1n) is 12.4. The molecular weight excluding hydrogens is 485 g/mol. The zero-order valence-electron chi connectivity index (χ0n) is 21.3. The number of hydrogen-bond acceptors (Lipinski definition) is 6. The fourth-order valence-electron chi connectivity index (χ4n) is 3.55. The molecule has 10 heteroatoms. The Morgan fingerprint density at radius 1 is 1.08 bits per heavy atom. The maximum atomic E-state index is 13.8. The average molecular weight is 519 g/mol. The third-order valence-corrected chi connectivity index (χ3v) is 5.42. The first-order chi connectivity index (χ1) is 17.7. The molecule has 2 aromatic heterocycles. The molecule has 7 nitrogen and oxygen atoms in total. The van der Waals surface area contributed by atoms with Crippen LogP contribution in [0.3, 0.4) is 0 Å². The van der Waals surface area contributed by atoms with Gasteiger partial charge in [-0.3, -0.25) is 4.79 Å². The lowest BCUT2D eigenvalue weighted by molar-refractivity contribution is -0.137. The van der Waals surface area contributed by atoms with Gasteiger partial charge in [-0.25, -0.2) is 9.97 Å². The van der Waals surface area contributed by atoms with Gasteiger partial charge in [0.05, 0.1) is 17.9 Å². The molecule has 0 bridgehead atoms. The van der Waals surface area contributed by atoms with Gasteiger partial charge in [-0.1, -0.05) is 33.3 Å². The van der Waals surface area contributed by atoms with E-state index in [9.17, 15) is 18.0 Å². The van der Waals surface area contributed by atoms with Crippen LogP contribution in [-0.2, 0) is 17.5 Å². The number of unbranched alkanes of at least 4 members (excludes halogenated alkanes) is 1. The van der Waals surface area contributed by atoms with Gasteiger partial charge in [-0.2, -0.15) is 13.2 Å². The van der Waals surface area contributed by atoms with E-state index in [-0.39, 0.29) is 17.1 Å². The highest BCUT2D eigenvalue weighted by Gasteiger charge is 2.34. The molecule has 0 saturated carbocycles. The summed E-state index contributed by atoms with van der Waals surface area (Å²) in [6.07, 6.45) is -1.10. The summed E-state index contributed by atoms with van der Waals surface area (Å²) in [6, 6.07) is 8.36. The standard InChI is InChI=1S/C27H33F3N4O3/c1-4-5-10-36-11-12-37-25-9-7-20(17-32-25)23-14-24(35)34-26(33-23)21-13-19(16-31-15-18(2)3)6-8-22(21)27(28,29)30/h6-9,13-14,17-18,31H,4-5,10-12,15-16H2,1-3H3,(H,33,34,35). The van der Waals surface area contributed by atoms with Crippen LogP contribution in [0.5, 0.6) is 5.88 Å². The van der Waals surface area contributed by atoms with E-state index in [4.69, 9.17) is 9.47 Å². The molecule has 3 rings (SSSR count). The molecule has 0 fully saturated rings. The SMILES string of the molecule is CCCCOCCOc1ccc(-c2cc(=O)[nH]c(-c3cc(CNCC(C)C)ccc3C(F)(F)F)n2)cn1. The highest BCUT2D eigenvalue weighted by atomic mass is 19.4. The van der Waals surface area contributed by atoms with Crippen LogP contribution in [0.4, 0.5) is 13.2 Å². The quantitative estimate of drug-likeness (QED) is 0.292. The molecule has 0 aliphatic rings. The van der Waals surface area contributed by atoms with E-state index in [1.54, 1.807) is 12.1 Å². The minimum absolute atomic E-state index is 0.162. The van der Waals surface area contributed by atoms with Crippen molar-refractivity contribution >= 4 is 0 Å². The van der Waals surface area contributed by atoms with Gasteiger partial charge in [0, 0.05) is 42.6 Å². The number of aromatic nitrogens is 3. The maximum Gasteiger partial charge on any atom is 0.417 e. The monoisotopic (exact) mass is 518 g/mol. The van der Waals surface area contributed by atoms with Crippen molar-refractivity contribution in [2.45, 2.75) is 46.3 Å². The number of alkyl halides is 3. The summed E-state index contributed by atoms with van der Waals surface area (Å²) in [4.78, 5) is 23.5. The third kappa shape index (κ3) is 8.68. The number of nitrogens with zero attached hydrogens (tertiary/aromatic N) is 2. The molecule has 2 heterocycles. The third-order valence-electron chi connectivity index (χ3n) is 5.42. The predicted molar refractivity (Wildman–Crippen MR) is 136 cm³/mol. The van der Waals surface area contributed by atoms with Crippen molar-refractivity contribution in [3.8, 4) is 28.5 Å². The molecule has 0 unspecified atom stereocenters. The van der Waals surface area contributed by atoms with E-state index in [1.807, 2.05) is 13.8 Å². The van der Waals surface area contributed by atoms with Crippen molar-refractivity contribution in [3.05, 3.63) is 64.1 Å². The van der Waals surface area contributed by atoms with Crippen LogP contribution in [-0.4, -0.2) is 41.3 Å². The smallest absolute Gasteiger partial charge is 0.417 e. The highest BCUT2D eigenvalue weighted by Crippen LogP contribution is 2.36. The van der Waals surface area contributed by atoms with Crippen LogP contribution in [0.1, 0.15) is 44.7 Å². The van der Waals surface area contributed by atoms with Gasteiger partial charge in [0.1, 0.15) is 12.4 Å². The van der Waals surface area contributed by atoms with Gasteiger partial charge in [0.15, 0.2) is 0 Å². The molecule has 0 radical (unpaired) electrons. The maximum absolute atomic E-state index is 13.8. The van der Waals surface area contributed by atoms with Crippen LogP contribution in [0.15, 0.2) is 47.4 Å². The molecular formula is C27H33F3N4O3. The zero-order valence-corrected chi connectivity index (χ0v) is 21.3. The second-order valence-electron chi connectivity index (χ2n) is 9.08. The van der Waals surface area contributed by atoms with Crippen molar-refractivity contribution in [1.29, 1.82) is 0 Å². The molecule has 0 aliphatic carbocycles. The summed E-state index contributed by atoms with van der Waals surface area (Å²) in [5, 5.41) is 3.22. The van der Waals surface area contributed by atoms with Gasteiger partial charge in [-0.05, 0) is 42.6 Å². The second kappa shape index (κ2) is 13.3. The number of ether oxygens (including phenoxy) is 2. The molecule has 3 aromatic rings. The Morgan fingerprint density at radius 2 is 1.89 bits per heavy atom. The summed E-state index contributed by atoms with van der Waals surface area (Å²) < 4.78 is 52.4. The van der Waals surface area contributed by atoms with Crippen molar-refractivity contribution in [2.24, 2.45) is 5.92 Å². The average Bonchev–Trinajstić information content (AvgIpc) is 2.85. The molecule has 0 saturated heterocycles. The molecule has 1 aromatic carbocycles. The fraction of sp³-hybridized carbons (Fsp3) is 0.444. The molecule has 0 spiro atoms. The van der Waals surface area contributed by atoms with Crippen molar-refractivity contribution < 1.29 is 22.6 Å². The van der Waals surface area contributed by atoms with E-state index in [0.29, 0.717) is 49.3 Å².